The van der Waals surface area contributed by atoms with Crippen molar-refractivity contribution in [2.24, 2.45) is 0 Å². The van der Waals surface area contributed by atoms with E-state index >= 15 is 0 Å². The molecule has 0 aliphatic rings. The Bertz CT molecular complexity index is 374. The van der Waals surface area contributed by atoms with Crippen molar-refractivity contribution in [2.75, 3.05) is 0 Å². The zero-order chi connectivity index (χ0) is 18.3. The molecule has 0 spiro atoms. The van der Waals surface area contributed by atoms with Gasteiger partial charge in [-0.25, -0.2) is 8.42 Å². The molecule has 0 bridgehead atoms. The van der Waals surface area contributed by atoms with Crippen LogP contribution in [0.5, 0.6) is 0 Å². The fraction of sp³-hybridized carbons (Fsp3) is 1.00. The third-order valence-corrected chi connectivity index (χ3v) is 6.18. The third kappa shape index (κ3) is 18.6. The first-order chi connectivity index (χ1) is 11.4. The van der Waals surface area contributed by atoms with Gasteiger partial charge in [-0.15, -0.1) is 0 Å². The first kappa shape index (κ1) is 28.7. The maximum atomic E-state index is 11.0. The Balaban J connectivity index is 0. The van der Waals surface area contributed by atoms with Crippen molar-refractivity contribution in [3.63, 3.8) is 0 Å². The fourth-order valence-electron chi connectivity index (χ4n) is 3.20. The quantitative estimate of drug-likeness (QED) is 0.230. The predicted octanol–water partition coefficient (Wildman–Crippen LogP) is 2.16. The van der Waals surface area contributed by atoms with Crippen LogP contribution >= 0.6 is 0 Å². The first-order valence-corrected chi connectivity index (χ1v) is 11.5. The van der Waals surface area contributed by atoms with Gasteiger partial charge in [0.2, 0.25) is 0 Å². The van der Waals surface area contributed by atoms with E-state index in [2.05, 4.69) is 6.92 Å². The summed E-state index contributed by atoms with van der Waals surface area (Å²) >= 11 is 0. The van der Waals surface area contributed by atoms with Crippen LogP contribution in [0.15, 0.2) is 0 Å². The molecule has 0 aliphatic carbocycles. The van der Waals surface area contributed by atoms with Crippen LogP contribution in [0, 0.1) is 0 Å². The molecule has 2 atom stereocenters. The molecule has 2 unspecified atom stereocenters. The summed E-state index contributed by atoms with van der Waals surface area (Å²) in [6.07, 6.45) is 15.4. The number of hydrogen-bond donors (Lipinski definition) is 1. The second kappa shape index (κ2) is 18.9. The Morgan fingerprint density at radius 1 is 0.760 bits per heavy atom. The molecule has 6 heteroatoms. The molecule has 146 valence electrons. The van der Waals surface area contributed by atoms with Gasteiger partial charge in [-0.3, -0.25) is 0 Å². The number of aliphatic hydroxyl groups excluding tert-OH is 1. The van der Waals surface area contributed by atoms with Crippen molar-refractivity contribution >= 4 is 10.1 Å². The topological polar surface area (TPSA) is 77.4 Å². The molecule has 0 saturated carbocycles. The van der Waals surface area contributed by atoms with Crippen LogP contribution in [0.2, 0.25) is 0 Å². The van der Waals surface area contributed by atoms with E-state index < -0.39 is 15.4 Å². The Kier molecular flexibility index (Phi) is 21.7. The third-order valence-electron chi connectivity index (χ3n) is 4.80. The molecule has 0 amide bonds. The Morgan fingerprint density at radius 2 is 1.16 bits per heavy atom. The molecule has 0 radical (unpaired) electrons. The summed E-state index contributed by atoms with van der Waals surface area (Å²) < 4.78 is 32.9. The molecule has 0 heterocycles. The largest absolute Gasteiger partial charge is 1.00 e. The van der Waals surface area contributed by atoms with Crippen molar-refractivity contribution in [2.45, 2.75) is 122 Å². The van der Waals surface area contributed by atoms with Gasteiger partial charge < -0.3 is 9.66 Å². The average molecular weight is 403 g/mol. The van der Waals surface area contributed by atoms with E-state index in [9.17, 15) is 18.1 Å². The molecule has 1 N–H and O–H groups in total. The summed E-state index contributed by atoms with van der Waals surface area (Å²) in [6.45, 7) is 3.88. The van der Waals surface area contributed by atoms with Gasteiger partial charge in [0.1, 0.15) is 0 Å². The summed E-state index contributed by atoms with van der Waals surface area (Å²) in [6, 6.07) is 0. The monoisotopic (exact) mass is 402 g/mol. The SMILES string of the molecule is CCCC(O)CCCCCCCCCCCCC(CC)S(=O)(=O)[O-].[K+]. The van der Waals surface area contributed by atoms with Gasteiger partial charge in [-0.1, -0.05) is 84.5 Å². The predicted molar refractivity (Wildman–Crippen MR) is 100 cm³/mol. The number of rotatable bonds is 17. The van der Waals surface area contributed by atoms with E-state index in [1.165, 1.54) is 38.5 Å². The van der Waals surface area contributed by atoms with Crippen molar-refractivity contribution in [1.29, 1.82) is 0 Å². The molecule has 0 rings (SSSR count). The minimum Gasteiger partial charge on any atom is -0.748 e. The van der Waals surface area contributed by atoms with Crippen LogP contribution in [-0.2, 0) is 10.1 Å². The van der Waals surface area contributed by atoms with E-state index in [4.69, 9.17) is 0 Å². The van der Waals surface area contributed by atoms with Crippen molar-refractivity contribution in [3.8, 4) is 0 Å². The standard InChI is InChI=1S/C19H40O4S.K/c1-3-15-18(20)16-13-11-9-7-5-6-8-10-12-14-17-19(4-2)24(21,22)23;/h18-20H,3-17H2,1-2H3,(H,21,22,23);/q;+1/p-1. The molecule has 4 nitrogen and oxygen atoms in total. The van der Waals surface area contributed by atoms with Gasteiger partial charge in [0.15, 0.2) is 0 Å². The van der Waals surface area contributed by atoms with E-state index in [-0.39, 0.29) is 57.5 Å². The fourth-order valence-corrected chi connectivity index (χ4v) is 4.06. The van der Waals surface area contributed by atoms with Gasteiger partial charge >= 0.3 is 51.4 Å². The van der Waals surface area contributed by atoms with Gasteiger partial charge in [-0.05, 0) is 25.7 Å². The minimum absolute atomic E-state index is 0. The van der Waals surface area contributed by atoms with E-state index in [1.807, 2.05) is 0 Å². The van der Waals surface area contributed by atoms with Crippen molar-refractivity contribution in [3.05, 3.63) is 0 Å². The first-order valence-electron chi connectivity index (χ1n) is 10.0. The smallest absolute Gasteiger partial charge is 0.748 e. The summed E-state index contributed by atoms with van der Waals surface area (Å²) in [5.41, 5.74) is 0. The second-order valence-corrected chi connectivity index (χ2v) is 8.73. The average Bonchev–Trinajstić information content (AvgIpc) is 2.51. The van der Waals surface area contributed by atoms with Crippen LogP contribution < -0.4 is 51.4 Å². The van der Waals surface area contributed by atoms with Crippen LogP contribution in [0.4, 0.5) is 0 Å². The van der Waals surface area contributed by atoms with Crippen molar-refractivity contribution in [1.82, 2.24) is 0 Å². The number of hydrogen-bond acceptors (Lipinski definition) is 4. The van der Waals surface area contributed by atoms with Crippen LogP contribution in [0.3, 0.4) is 0 Å². The minimum atomic E-state index is -4.10. The normalized spacial score (nSPS) is 14.1. The maximum absolute atomic E-state index is 11.0. The van der Waals surface area contributed by atoms with Crippen LogP contribution in [0.25, 0.3) is 0 Å². The van der Waals surface area contributed by atoms with E-state index in [1.54, 1.807) is 6.92 Å². The van der Waals surface area contributed by atoms with Gasteiger partial charge in [0.05, 0.1) is 16.2 Å². The molecule has 0 aromatic carbocycles. The number of unbranched alkanes of at least 4 members (excludes halogenated alkanes) is 9. The Labute approximate surface area is 199 Å². The molecule has 0 saturated heterocycles. The van der Waals surface area contributed by atoms with Crippen molar-refractivity contribution < 1.29 is 69.5 Å². The summed E-state index contributed by atoms with van der Waals surface area (Å²) in [4.78, 5) is 0. The maximum Gasteiger partial charge on any atom is 1.00 e. The van der Waals surface area contributed by atoms with E-state index in [0.29, 0.717) is 12.8 Å². The molecule has 0 fully saturated rings. The molecular formula is C19H39KO4S. The molecule has 0 aliphatic heterocycles. The molecular weight excluding hydrogens is 363 g/mol. The summed E-state index contributed by atoms with van der Waals surface area (Å²) in [5.74, 6) is 0. The van der Waals surface area contributed by atoms with Gasteiger partial charge in [0, 0.05) is 5.25 Å². The zero-order valence-electron chi connectivity index (χ0n) is 16.8. The Morgan fingerprint density at radius 3 is 1.52 bits per heavy atom. The summed E-state index contributed by atoms with van der Waals surface area (Å²) in [7, 11) is -4.10. The molecule has 25 heavy (non-hydrogen) atoms. The number of aliphatic hydroxyl groups is 1. The second-order valence-electron chi connectivity index (χ2n) is 7.08. The molecule has 0 aromatic heterocycles. The Hall–Kier alpha value is 1.51. The van der Waals surface area contributed by atoms with Crippen LogP contribution in [0.1, 0.15) is 110 Å². The van der Waals surface area contributed by atoms with Crippen LogP contribution in [-0.4, -0.2) is 29.4 Å². The molecule has 0 aromatic rings. The van der Waals surface area contributed by atoms with Gasteiger partial charge in [-0.2, -0.15) is 0 Å². The van der Waals surface area contributed by atoms with Gasteiger partial charge in [0.25, 0.3) is 0 Å². The summed E-state index contributed by atoms with van der Waals surface area (Å²) in [5, 5.41) is 8.95. The zero-order valence-corrected chi connectivity index (χ0v) is 20.8. The van der Waals surface area contributed by atoms with E-state index in [0.717, 1.165) is 44.9 Å².